The van der Waals surface area contributed by atoms with Crippen molar-refractivity contribution in [2.24, 2.45) is 5.92 Å². The van der Waals surface area contributed by atoms with E-state index in [1.165, 1.54) is 24.2 Å². The van der Waals surface area contributed by atoms with E-state index < -0.39 is 0 Å². The molecule has 0 unspecified atom stereocenters. The van der Waals surface area contributed by atoms with Gasteiger partial charge in [-0.05, 0) is 30.2 Å². The Morgan fingerprint density at radius 1 is 1.53 bits per heavy atom. The highest BCUT2D eigenvalue weighted by Crippen LogP contribution is 2.28. The SMILES string of the molecule is O=c1[nH]c(CNCCOCC2CC2)nc2ccsc12. The number of ether oxygens (including phenoxy) is 1. The van der Waals surface area contributed by atoms with E-state index in [-0.39, 0.29) is 5.56 Å². The van der Waals surface area contributed by atoms with E-state index in [1.54, 1.807) is 0 Å². The fourth-order valence-corrected chi connectivity index (χ4v) is 2.62. The molecule has 2 heterocycles. The van der Waals surface area contributed by atoms with Gasteiger partial charge in [0.2, 0.25) is 0 Å². The average molecular weight is 279 g/mol. The fourth-order valence-electron chi connectivity index (χ4n) is 1.89. The number of H-pyrrole nitrogens is 1. The van der Waals surface area contributed by atoms with Gasteiger partial charge in [0.15, 0.2) is 0 Å². The third kappa shape index (κ3) is 3.40. The van der Waals surface area contributed by atoms with Gasteiger partial charge in [0.25, 0.3) is 5.56 Å². The Hall–Kier alpha value is -1.24. The number of hydrogen-bond donors (Lipinski definition) is 2. The number of aromatic nitrogens is 2. The van der Waals surface area contributed by atoms with Crippen molar-refractivity contribution in [2.75, 3.05) is 19.8 Å². The quantitative estimate of drug-likeness (QED) is 0.754. The summed E-state index contributed by atoms with van der Waals surface area (Å²) in [4.78, 5) is 18.9. The van der Waals surface area contributed by atoms with Crippen LogP contribution in [0.1, 0.15) is 18.7 Å². The molecule has 1 aliphatic carbocycles. The van der Waals surface area contributed by atoms with Crippen LogP contribution >= 0.6 is 11.3 Å². The van der Waals surface area contributed by atoms with Gasteiger partial charge in [0.05, 0.1) is 18.7 Å². The summed E-state index contributed by atoms with van der Waals surface area (Å²) in [6, 6.07) is 1.87. The van der Waals surface area contributed by atoms with Crippen molar-refractivity contribution < 1.29 is 4.74 Å². The van der Waals surface area contributed by atoms with Gasteiger partial charge in [0, 0.05) is 13.2 Å². The molecule has 102 valence electrons. The van der Waals surface area contributed by atoms with Crippen LogP contribution in [0.15, 0.2) is 16.2 Å². The zero-order valence-electron chi connectivity index (χ0n) is 10.6. The predicted octanol–water partition coefficient (Wildman–Crippen LogP) is 1.50. The minimum absolute atomic E-state index is 0.0539. The Morgan fingerprint density at radius 3 is 3.26 bits per heavy atom. The number of fused-ring (bicyclic) bond motifs is 1. The molecular weight excluding hydrogens is 262 g/mol. The zero-order valence-corrected chi connectivity index (χ0v) is 11.5. The summed E-state index contributed by atoms with van der Waals surface area (Å²) in [5.41, 5.74) is 0.720. The minimum atomic E-state index is -0.0539. The van der Waals surface area contributed by atoms with Crippen LogP contribution in [-0.2, 0) is 11.3 Å². The molecule has 19 heavy (non-hydrogen) atoms. The molecule has 0 radical (unpaired) electrons. The minimum Gasteiger partial charge on any atom is -0.380 e. The normalized spacial score (nSPS) is 15.2. The van der Waals surface area contributed by atoms with Crippen LogP contribution < -0.4 is 10.9 Å². The highest BCUT2D eigenvalue weighted by Gasteiger charge is 2.20. The Balaban J connectivity index is 1.46. The molecule has 0 spiro atoms. The maximum Gasteiger partial charge on any atom is 0.268 e. The Kier molecular flexibility index (Phi) is 3.91. The largest absolute Gasteiger partial charge is 0.380 e. The molecule has 0 aromatic carbocycles. The summed E-state index contributed by atoms with van der Waals surface area (Å²) in [6.07, 6.45) is 2.64. The molecule has 0 aliphatic heterocycles. The molecule has 5 nitrogen and oxygen atoms in total. The zero-order chi connectivity index (χ0) is 13.1. The van der Waals surface area contributed by atoms with Gasteiger partial charge in [-0.3, -0.25) is 4.79 Å². The summed E-state index contributed by atoms with van der Waals surface area (Å²) in [5.74, 6) is 1.48. The first-order chi connectivity index (χ1) is 9.33. The van der Waals surface area contributed by atoms with Gasteiger partial charge in [-0.15, -0.1) is 11.3 Å². The highest BCUT2D eigenvalue weighted by atomic mass is 32.1. The third-order valence-corrected chi connectivity index (χ3v) is 4.03. The lowest BCUT2D eigenvalue weighted by Crippen LogP contribution is -2.22. The van der Waals surface area contributed by atoms with E-state index >= 15 is 0 Å². The summed E-state index contributed by atoms with van der Waals surface area (Å²) in [5, 5.41) is 5.11. The summed E-state index contributed by atoms with van der Waals surface area (Å²) >= 11 is 1.42. The van der Waals surface area contributed by atoms with Gasteiger partial charge < -0.3 is 15.0 Å². The maximum absolute atomic E-state index is 11.7. The summed E-state index contributed by atoms with van der Waals surface area (Å²) in [7, 11) is 0. The fraction of sp³-hybridized carbons (Fsp3) is 0.538. The smallest absolute Gasteiger partial charge is 0.268 e. The van der Waals surface area contributed by atoms with Crippen molar-refractivity contribution in [1.82, 2.24) is 15.3 Å². The average Bonchev–Trinajstić information content (AvgIpc) is 3.09. The Bertz CT molecular complexity index is 603. The standard InChI is InChI=1S/C13H17N3O2S/c17-13-12-10(3-6-19-12)15-11(16-13)7-14-4-5-18-8-9-1-2-9/h3,6,9,14H,1-2,4-5,7-8H2,(H,15,16,17). The van der Waals surface area contributed by atoms with Gasteiger partial charge in [-0.25, -0.2) is 4.98 Å². The number of hydrogen-bond acceptors (Lipinski definition) is 5. The van der Waals surface area contributed by atoms with Gasteiger partial charge in [0.1, 0.15) is 10.5 Å². The van der Waals surface area contributed by atoms with E-state index in [0.29, 0.717) is 23.7 Å². The van der Waals surface area contributed by atoms with E-state index in [9.17, 15) is 4.79 Å². The van der Waals surface area contributed by atoms with Crippen LogP contribution in [-0.4, -0.2) is 29.7 Å². The molecule has 2 N–H and O–H groups in total. The summed E-state index contributed by atoms with van der Waals surface area (Å²) in [6.45, 7) is 2.94. The lowest BCUT2D eigenvalue weighted by Gasteiger charge is -2.05. The van der Waals surface area contributed by atoms with Crippen LogP contribution in [0.25, 0.3) is 10.2 Å². The molecule has 6 heteroatoms. The van der Waals surface area contributed by atoms with Crippen molar-refractivity contribution in [3.05, 3.63) is 27.6 Å². The lowest BCUT2D eigenvalue weighted by molar-refractivity contribution is 0.126. The molecule has 2 aromatic heterocycles. The molecule has 1 fully saturated rings. The topological polar surface area (TPSA) is 67.0 Å². The van der Waals surface area contributed by atoms with E-state index in [2.05, 4.69) is 15.3 Å². The second-order valence-electron chi connectivity index (χ2n) is 4.84. The van der Waals surface area contributed by atoms with Crippen molar-refractivity contribution in [1.29, 1.82) is 0 Å². The van der Waals surface area contributed by atoms with Gasteiger partial charge >= 0.3 is 0 Å². The number of thiophene rings is 1. The second kappa shape index (κ2) is 5.81. The maximum atomic E-state index is 11.7. The molecule has 3 rings (SSSR count). The first-order valence-electron chi connectivity index (χ1n) is 6.58. The van der Waals surface area contributed by atoms with Crippen LogP contribution in [0.2, 0.25) is 0 Å². The number of nitrogens with one attached hydrogen (secondary N) is 2. The van der Waals surface area contributed by atoms with Crippen molar-refractivity contribution in [3.8, 4) is 0 Å². The Morgan fingerprint density at radius 2 is 2.42 bits per heavy atom. The molecule has 2 aromatic rings. The van der Waals surface area contributed by atoms with Crippen LogP contribution in [0.4, 0.5) is 0 Å². The number of aromatic amines is 1. The van der Waals surface area contributed by atoms with Crippen LogP contribution in [0.5, 0.6) is 0 Å². The molecule has 1 aliphatic rings. The summed E-state index contributed by atoms with van der Waals surface area (Å²) < 4.78 is 6.22. The van der Waals surface area contributed by atoms with Crippen LogP contribution in [0.3, 0.4) is 0 Å². The van der Waals surface area contributed by atoms with Gasteiger partial charge in [-0.1, -0.05) is 0 Å². The van der Waals surface area contributed by atoms with Gasteiger partial charge in [-0.2, -0.15) is 0 Å². The molecule has 0 saturated heterocycles. The van der Waals surface area contributed by atoms with Crippen molar-refractivity contribution in [2.45, 2.75) is 19.4 Å². The predicted molar refractivity (Wildman–Crippen MR) is 75.5 cm³/mol. The monoisotopic (exact) mass is 279 g/mol. The first kappa shape index (κ1) is 12.8. The number of rotatable bonds is 7. The van der Waals surface area contributed by atoms with E-state index in [4.69, 9.17) is 4.74 Å². The molecule has 0 atom stereocenters. The lowest BCUT2D eigenvalue weighted by atomic mass is 10.4. The highest BCUT2D eigenvalue weighted by molar-refractivity contribution is 7.17. The van der Waals surface area contributed by atoms with Crippen molar-refractivity contribution in [3.63, 3.8) is 0 Å². The molecule has 1 saturated carbocycles. The molecule has 0 bridgehead atoms. The van der Waals surface area contributed by atoms with E-state index in [0.717, 1.165) is 24.6 Å². The first-order valence-corrected chi connectivity index (χ1v) is 7.46. The van der Waals surface area contributed by atoms with Crippen molar-refractivity contribution >= 4 is 21.6 Å². The number of nitrogens with zero attached hydrogens (tertiary/aromatic N) is 1. The van der Waals surface area contributed by atoms with Crippen LogP contribution in [0, 0.1) is 5.92 Å². The van der Waals surface area contributed by atoms with E-state index in [1.807, 2.05) is 11.4 Å². The third-order valence-electron chi connectivity index (χ3n) is 3.13. The molecular formula is C13H17N3O2S. The Labute approximate surface area is 115 Å². The molecule has 0 amide bonds. The second-order valence-corrected chi connectivity index (χ2v) is 5.76.